The van der Waals surface area contributed by atoms with E-state index in [2.05, 4.69) is 65.7 Å². The van der Waals surface area contributed by atoms with Crippen LogP contribution >= 0.6 is 0 Å². The van der Waals surface area contributed by atoms with Crippen molar-refractivity contribution in [1.82, 2.24) is 50.2 Å². The van der Waals surface area contributed by atoms with Crippen LogP contribution in [0.2, 0.25) is 0 Å². The minimum Gasteiger partial charge on any atom is -0.354 e. The van der Waals surface area contributed by atoms with E-state index in [9.17, 15) is 0 Å². The largest absolute Gasteiger partial charge is 0.354 e. The second-order valence-electron chi connectivity index (χ2n) is 8.53. The third kappa shape index (κ3) is 9.21. The highest BCUT2D eigenvalue weighted by Gasteiger charge is 2.11. The second kappa shape index (κ2) is 13.5. The van der Waals surface area contributed by atoms with Gasteiger partial charge in [-0.15, -0.1) is 0 Å². The summed E-state index contributed by atoms with van der Waals surface area (Å²) in [5, 5.41) is 10.1. The lowest BCUT2D eigenvalue weighted by molar-refractivity contribution is 0.624. The van der Waals surface area contributed by atoms with Crippen LogP contribution in [0.4, 0.5) is 17.8 Å². The molecule has 3 aromatic heterocycles. The van der Waals surface area contributed by atoms with Gasteiger partial charge in [-0.3, -0.25) is 0 Å². The van der Waals surface area contributed by atoms with Crippen LogP contribution in [0.25, 0.3) is 0 Å². The number of hydrogen-bond donors (Lipinski definition) is 3. The van der Waals surface area contributed by atoms with Crippen molar-refractivity contribution in [2.24, 2.45) is 0 Å². The Labute approximate surface area is 212 Å². The van der Waals surface area contributed by atoms with Crippen molar-refractivity contribution >= 4 is 17.8 Å². The van der Waals surface area contributed by atoms with E-state index in [0.29, 0.717) is 29.5 Å². The van der Waals surface area contributed by atoms with Gasteiger partial charge in [0.1, 0.15) is 34.9 Å². The molecular weight excluding hydrogens is 458 g/mol. The zero-order valence-electron chi connectivity index (χ0n) is 22.1. The number of nitrogens with zero attached hydrogens (tertiary/aromatic N) is 10. The molecule has 0 aliphatic rings. The Bertz CT molecular complexity index is 1060. The predicted octanol–water partition coefficient (Wildman–Crippen LogP) is 1.49. The van der Waals surface area contributed by atoms with Crippen molar-refractivity contribution in [1.29, 1.82) is 0 Å². The number of hydrogen-bond acceptors (Lipinski definition) is 13. The molecule has 0 spiro atoms. The molecule has 0 aliphatic carbocycles. The van der Waals surface area contributed by atoms with Crippen LogP contribution in [0.15, 0.2) is 0 Å². The lowest BCUT2D eigenvalue weighted by Crippen LogP contribution is -2.35. The first kappa shape index (κ1) is 27.0. The van der Waals surface area contributed by atoms with Crippen molar-refractivity contribution in [3.63, 3.8) is 0 Å². The number of aromatic nitrogens is 9. The Kier molecular flexibility index (Phi) is 10.1. The number of nitrogens with one attached hydrogen (secondary N) is 3. The van der Waals surface area contributed by atoms with Crippen LogP contribution < -0.4 is 20.9 Å². The van der Waals surface area contributed by atoms with Gasteiger partial charge in [0.2, 0.25) is 17.8 Å². The predicted molar refractivity (Wildman–Crippen MR) is 139 cm³/mol. The van der Waals surface area contributed by atoms with Gasteiger partial charge >= 0.3 is 0 Å². The molecule has 0 unspecified atom stereocenters. The van der Waals surface area contributed by atoms with Gasteiger partial charge in [-0.2, -0.15) is 29.9 Å². The Morgan fingerprint density at radius 3 is 1.42 bits per heavy atom. The molecule has 194 valence electrons. The molecule has 0 atom stereocenters. The average Bonchev–Trinajstić information content (AvgIpc) is 2.78. The van der Waals surface area contributed by atoms with Gasteiger partial charge in [-0.1, -0.05) is 0 Å². The zero-order chi connectivity index (χ0) is 25.9. The van der Waals surface area contributed by atoms with Crippen LogP contribution in [0, 0.1) is 41.5 Å². The smallest absolute Gasteiger partial charge is 0.228 e. The molecule has 0 aliphatic heterocycles. The van der Waals surface area contributed by atoms with E-state index in [4.69, 9.17) is 0 Å². The molecule has 3 rings (SSSR count). The Morgan fingerprint density at radius 1 is 0.472 bits per heavy atom. The maximum atomic E-state index is 4.56. The van der Waals surface area contributed by atoms with Gasteiger partial charge in [0, 0.05) is 32.7 Å². The summed E-state index contributed by atoms with van der Waals surface area (Å²) in [5.74, 6) is 6.25. The molecule has 3 N–H and O–H groups in total. The SMILES string of the molecule is Cc1nc(C)nc(NCCCNCCN(CCCNc2nc(C)nc(C)n2)c2nc(C)nc(C)n2)n1. The maximum Gasteiger partial charge on any atom is 0.228 e. The third-order valence-corrected chi connectivity index (χ3v) is 5.11. The number of anilines is 3. The van der Waals surface area contributed by atoms with E-state index >= 15 is 0 Å². The first-order valence-electron chi connectivity index (χ1n) is 12.3. The third-order valence-electron chi connectivity index (χ3n) is 5.11. The summed E-state index contributed by atoms with van der Waals surface area (Å²) in [6, 6.07) is 0. The van der Waals surface area contributed by atoms with E-state index in [1.165, 1.54) is 0 Å². The van der Waals surface area contributed by atoms with Crippen molar-refractivity contribution < 1.29 is 0 Å². The normalized spacial score (nSPS) is 10.9. The standard InChI is InChI=1S/C23H37N13/c1-15-27-16(2)31-21(30-15)25-10-7-9-24-12-14-36(23-34-19(5)29-20(6)35-23)13-8-11-26-22-32-17(3)28-18(4)33-22/h24H,7-14H2,1-6H3,(H,25,27,30,31)(H,26,28,32,33). The van der Waals surface area contributed by atoms with E-state index in [1.54, 1.807) is 0 Å². The molecule has 0 saturated carbocycles. The van der Waals surface area contributed by atoms with Crippen LogP contribution in [0.5, 0.6) is 0 Å². The van der Waals surface area contributed by atoms with Gasteiger partial charge < -0.3 is 20.9 Å². The molecule has 13 nitrogen and oxygen atoms in total. The molecule has 0 saturated heterocycles. The number of aryl methyl sites for hydroxylation is 6. The summed E-state index contributed by atoms with van der Waals surface area (Å²) >= 11 is 0. The summed E-state index contributed by atoms with van der Waals surface area (Å²) in [6.45, 7) is 16.0. The maximum absolute atomic E-state index is 4.56. The fourth-order valence-electron chi connectivity index (χ4n) is 3.66. The van der Waals surface area contributed by atoms with Crippen LogP contribution in [0.3, 0.4) is 0 Å². The highest BCUT2D eigenvalue weighted by molar-refractivity contribution is 5.30. The van der Waals surface area contributed by atoms with Crippen molar-refractivity contribution in [2.45, 2.75) is 54.4 Å². The fraction of sp³-hybridized carbons (Fsp3) is 0.609. The monoisotopic (exact) mass is 495 g/mol. The van der Waals surface area contributed by atoms with Crippen LogP contribution in [0.1, 0.15) is 47.8 Å². The molecule has 0 radical (unpaired) electrons. The van der Waals surface area contributed by atoms with Crippen LogP contribution in [-0.2, 0) is 0 Å². The van der Waals surface area contributed by atoms with Crippen molar-refractivity contribution in [2.75, 3.05) is 54.8 Å². The fourth-order valence-corrected chi connectivity index (χ4v) is 3.66. The van der Waals surface area contributed by atoms with Gasteiger partial charge in [0.25, 0.3) is 0 Å². The topological polar surface area (TPSA) is 155 Å². The summed E-state index contributed by atoms with van der Waals surface area (Å²) < 4.78 is 0. The minimum atomic E-state index is 0.608. The molecule has 36 heavy (non-hydrogen) atoms. The van der Waals surface area contributed by atoms with Crippen LogP contribution in [-0.4, -0.2) is 84.1 Å². The van der Waals surface area contributed by atoms with E-state index in [-0.39, 0.29) is 0 Å². The Hall–Kier alpha value is -3.61. The lowest BCUT2D eigenvalue weighted by Gasteiger charge is -2.23. The van der Waals surface area contributed by atoms with Gasteiger partial charge in [-0.05, 0) is 60.9 Å². The molecule has 0 bridgehead atoms. The van der Waals surface area contributed by atoms with Gasteiger partial charge in [0.15, 0.2) is 0 Å². The molecule has 0 amide bonds. The Morgan fingerprint density at radius 2 is 0.917 bits per heavy atom. The molecule has 3 aromatic rings. The Balaban J connectivity index is 1.44. The molecule has 3 heterocycles. The average molecular weight is 496 g/mol. The van der Waals surface area contributed by atoms with E-state index in [0.717, 1.165) is 75.4 Å². The summed E-state index contributed by atoms with van der Waals surface area (Å²) in [5.41, 5.74) is 0. The van der Waals surface area contributed by atoms with E-state index in [1.807, 2.05) is 41.5 Å². The number of rotatable bonds is 14. The quantitative estimate of drug-likeness (QED) is 0.277. The molecule has 0 aromatic carbocycles. The molecule has 0 fully saturated rings. The first-order valence-corrected chi connectivity index (χ1v) is 12.3. The lowest BCUT2D eigenvalue weighted by atomic mass is 10.3. The highest BCUT2D eigenvalue weighted by atomic mass is 15.3. The van der Waals surface area contributed by atoms with Crippen molar-refractivity contribution in [3.05, 3.63) is 34.9 Å². The molecule has 13 heteroatoms. The van der Waals surface area contributed by atoms with Crippen molar-refractivity contribution in [3.8, 4) is 0 Å². The highest BCUT2D eigenvalue weighted by Crippen LogP contribution is 2.09. The summed E-state index contributed by atoms with van der Waals surface area (Å²) in [6.07, 6.45) is 1.82. The summed E-state index contributed by atoms with van der Waals surface area (Å²) in [4.78, 5) is 41.3. The molecular formula is C23H37N13. The van der Waals surface area contributed by atoms with E-state index < -0.39 is 0 Å². The zero-order valence-corrected chi connectivity index (χ0v) is 22.1. The first-order chi connectivity index (χ1) is 17.3. The van der Waals surface area contributed by atoms with Gasteiger partial charge in [-0.25, -0.2) is 15.0 Å². The second-order valence-corrected chi connectivity index (χ2v) is 8.53. The minimum absolute atomic E-state index is 0.608. The summed E-state index contributed by atoms with van der Waals surface area (Å²) in [7, 11) is 0. The van der Waals surface area contributed by atoms with Gasteiger partial charge in [0.05, 0.1) is 0 Å².